The molecule has 0 aliphatic carbocycles. The smallest absolute Gasteiger partial charge is 0.405 e. The minimum absolute atomic E-state index is 0.127. The fourth-order valence-corrected chi connectivity index (χ4v) is 4.36. The number of halogens is 3. The molecule has 0 heterocycles. The van der Waals surface area contributed by atoms with E-state index in [1.165, 1.54) is 29.0 Å². The molecule has 0 aliphatic heterocycles. The molecule has 0 amide bonds. The first-order valence-electron chi connectivity index (χ1n) is 10.8. The number of hydrogen-bond acceptors (Lipinski definition) is 5. The number of nitrogens with one attached hydrogen (secondary N) is 1. The zero-order valence-electron chi connectivity index (χ0n) is 18.6. The normalized spacial score (nSPS) is 12.1. The number of alkyl halides is 3. The Kier molecular flexibility index (Phi) is 12.2. The summed E-state index contributed by atoms with van der Waals surface area (Å²) in [5.74, 6) is 0.527. The fraction of sp³-hybridized carbons (Fsp3) is 0.478. The molecule has 2 aromatic carbocycles. The summed E-state index contributed by atoms with van der Waals surface area (Å²) in [6.07, 6.45) is -0.294. The molecule has 33 heavy (non-hydrogen) atoms. The summed E-state index contributed by atoms with van der Waals surface area (Å²) in [7, 11) is -2.61. The van der Waals surface area contributed by atoms with Crippen molar-refractivity contribution in [3.8, 4) is 5.75 Å². The third-order valence-corrected chi connectivity index (χ3v) is 6.30. The van der Waals surface area contributed by atoms with E-state index in [1.54, 1.807) is 12.1 Å². The van der Waals surface area contributed by atoms with Gasteiger partial charge in [-0.15, -0.1) is 34.4 Å². The Balaban J connectivity index is 1.78. The summed E-state index contributed by atoms with van der Waals surface area (Å²) < 4.78 is 57.9. The summed E-state index contributed by atoms with van der Waals surface area (Å²) >= 11 is 1.37. The van der Waals surface area contributed by atoms with Crippen LogP contribution < -0.4 is 10.1 Å². The maximum absolute atomic E-state index is 12.9. The second-order valence-corrected chi connectivity index (χ2v) is 9.45. The molecule has 0 bridgehead atoms. The number of ether oxygens (including phenoxy) is 1. The van der Waals surface area contributed by atoms with Gasteiger partial charge in [0.1, 0.15) is 12.4 Å². The molecule has 2 rings (SSSR count). The monoisotopic (exact) mass is 504 g/mol. The number of rotatable bonds is 15. The van der Waals surface area contributed by atoms with Crippen molar-refractivity contribution in [1.82, 2.24) is 5.32 Å². The van der Waals surface area contributed by atoms with E-state index in [9.17, 15) is 17.7 Å². The molecule has 0 aliphatic rings. The van der Waals surface area contributed by atoms with Gasteiger partial charge in [0.15, 0.2) is 0 Å². The predicted octanol–water partition coefficient (Wildman–Crippen LogP) is 6.54. The van der Waals surface area contributed by atoms with Crippen LogP contribution in [0.15, 0.2) is 47.4 Å². The Morgan fingerprint density at radius 1 is 1.03 bits per heavy atom. The van der Waals surface area contributed by atoms with E-state index in [1.807, 2.05) is 0 Å². The van der Waals surface area contributed by atoms with Crippen molar-refractivity contribution in [2.45, 2.75) is 56.8 Å². The molecule has 0 aromatic heterocycles. The SMILES string of the molecule is Cc1ccc(CCCCCSc2ccc(CNCCCO[P+](=O)O)cc2OC(F)(F)F)cc1. The Morgan fingerprint density at radius 2 is 1.76 bits per heavy atom. The Bertz CT molecular complexity index is 866. The van der Waals surface area contributed by atoms with Gasteiger partial charge in [0.25, 0.3) is 0 Å². The van der Waals surface area contributed by atoms with Crippen LogP contribution >= 0.6 is 20.0 Å². The van der Waals surface area contributed by atoms with Gasteiger partial charge < -0.3 is 10.1 Å². The van der Waals surface area contributed by atoms with Crippen LogP contribution in [0.4, 0.5) is 13.2 Å². The summed E-state index contributed by atoms with van der Waals surface area (Å²) in [4.78, 5) is 9.02. The van der Waals surface area contributed by atoms with E-state index in [0.29, 0.717) is 35.7 Å². The van der Waals surface area contributed by atoms with Crippen LogP contribution in [-0.4, -0.2) is 30.2 Å². The van der Waals surface area contributed by atoms with Crippen molar-refractivity contribution < 1.29 is 31.9 Å². The lowest BCUT2D eigenvalue weighted by Crippen LogP contribution is -2.19. The summed E-state index contributed by atoms with van der Waals surface area (Å²) in [6.45, 7) is 3.03. The highest BCUT2D eigenvalue weighted by Crippen LogP contribution is 2.35. The maximum atomic E-state index is 12.9. The molecule has 1 unspecified atom stereocenters. The van der Waals surface area contributed by atoms with Gasteiger partial charge in [-0.3, -0.25) is 0 Å². The zero-order chi connectivity index (χ0) is 24.1. The van der Waals surface area contributed by atoms with Crippen molar-refractivity contribution >= 4 is 20.0 Å². The number of aryl methyl sites for hydroxylation is 2. The summed E-state index contributed by atoms with van der Waals surface area (Å²) in [5.41, 5.74) is 3.20. The molecular formula is C23H30F3NO4PS+. The number of hydrogen-bond donors (Lipinski definition) is 2. The van der Waals surface area contributed by atoms with Gasteiger partial charge >= 0.3 is 14.6 Å². The molecular weight excluding hydrogens is 474 g/mol. The molecule has 5 nitrogen and oxygen atoms in total. The lowest BCUT2D eigenvalue weighted by molar-refractivity contribution is -0.275. The Labute approximate surface area is 198 Å². The van der Waals surface area contributed by atoms with Gasteiger partial charge in [0.05, 0.1) is 0 Å². The maximum Gasteiger partial charge on any atom is 0.694 e. The number of unbranched alkanes of at least 4 members (excludes halogenated alkanes) is 2. The van der Waals surface area contributed by atoms with Gasteiger partial charge in [-0.1, -0.05) is 42.3 Å². The Morgan fingerprint density at radius 3 is 2.45 bits per heavy atom. The molecule has 0 spiro atoms. The average Bonchev–Trinajstić information content (AvgIpc) is 2.74. The third-order valence-electron chi connectivity index (χ3n) is 4.75. The lowest BCUT2D eigenvalue weighted by atomic mass is 10.1. The first kappa shape index (κ1) is 27.6. The highest BCUT2D eigenvalue weighted by molar-refractivity contribution is 7.99. The summed E-state index contributed by atoms with van der Waals surface area (Å²) in [5, 5.41) is 3.07. The largest absolute Gasteiger partial charge is 0.694 e. The van der Waals surface area contributed by atoms with E-state index in [2.05, 4.69) is 45.8 Å². The van der Waals surface area contributed by atoms with E-state index >= 15 is 0 Å². The second kappa shape index (κ2) is 14.6. The van der Waals surface area contributed by atoms with Gasteiger partial charge in [0.2, 0.25) is 0 Å². The molecule has 0 radical (unpaired) electrons. The fourth-order valence-electron chi connectivity index (χ4n) is 3.10. The quantitative estimate of drug-likeness (QED) is 0.163. The minimum atomic E-state index is -4.76. The highest BCUT2D eigenvalue weighted by atomic mass is 32.2. The van der Waals surface area contributed by atoms with Crippen molar-refractivity contribution in [1.29, 1.82) is 0 Å². The zero-order valence-corrected chi connectivity index (χ0v) is 20.3. The molecule has 2 N–H and O–H groups in total. The molecule has 10 heteroatoms. The second-order valence-electron chi connectivity index (χ2n) is 7.57. The van der Waals surface area contributed by atoms with Crippen LogP contribution in [0.1, 0.15) is 42.4 Å². The first-order chi connectivity index (χ1) is 15.7. The molecule has 182 valence electrons. The van der Waals surface area contributed by atoms with Crippen LogP contribution in [-0.2, 0) is 22.1 Å². The molecule has 0 saturated heterocycles. The van der Waals surface area contributed by atoms with Crippen LogP contribution in [0, 0.1) is 6.92 Å². The van der Waals surface area contributed by atoms with E-state index in [-0.39, 0.29) is 12.4 Å². The van der Waals surface area contributed by atoms with Crippen molar-refractivity contribution in [2.75, 3.05) is 18.9 Å². The van der Waals surface area contributed by atoms with Gasteiger partial charge in [-0.05, 0) is 68.2 Å². The van der Waals surface area contributed by atoms with E-state index in [0.717, 1.165) is 25.7 Å². The third kappa shape index (κ3) is 12.4. The molecule has 1 atom stereocenters. The summed E-state index contributed by atoms with van der Waals surface area (Å²) in [6, 6.07) is 13.3. The number of thioether (sulfide) groups is 1. The Hall–Kier alpha value is -1.64. The van der Waals surface area contributed by atoms with Crippen LogP contribution in [0.3, 0.4) is 0 Å². The van der Waals surface area contributed by atoms with Gasteiger partial charge in [-0.25, -0.2) is 0 Å². The lowest BCUT2D eigenvalue weighted by Gasteiger charge is -2.15. The minimum Gasteiger partial charge on any atom is -0.405 e. The van der Waals surface area contributed by atoms with Crippen molar-refractivity contribution in [2.24, 2.45) is 0 Å². The number of benzene rings is 2. The molecule has 2 aromatic rings. The first-order valence-corrected chi connectivity index (χ1v) is 12.9. The van der Waals surface area contributed by atoms with Crippen LogP contribution in [0.2, 0.25) is 0 Å². The van der Waals surface area contributed by atoms with Crippen LogP contribution in [0.25, 0.3) is 0 Å². The molecule has 0 saturated carbocycles. The standard InChI is InChI=1S/C23H29F3NO4PS/c1-18-7-9-19(10-8-18)6-3-2-4-15-33-22-12-11-20(16-21(22)31-23(24,25)26)17-27-13-5-14-30-32(28)29/h7-12,16,27H,2-6,13-15,17H2,1H3/p+1. The highest BCUT2D eigenvalue weighted by Gasteiger charge is 2.32. The van der Waals surface area contributed by atoms with E-state index in [4.69, 9.17) is 4.89 Å². The van der Waals surface area contributed by atoms with Crippen molar-refractivity contribution in [3.63, 3.8) is 0 Å². The van der Waals surface area contributed by atoms with Crippen molar-refractivity contribution in [3.05, 3.63) is 59.2 Å². The average molecular weight is 505 g/mol. The van der Waals surface area contributed by atoms with Gasteiger partial charge in [0, 0.05) is 16.0 Å². The predicted molar refractivity (Wildman–Crippen MR) is 125 cm³/mol. The van der Waals surface area contributed by atoms with Crippen LogP contribution in [0.5, 0.6) is 5.75 Å². The topological polar surface area (TPSA) is 67.8 Å². The van der Waals surface area contributed by atoms with Gasteiger partial charge in [-0.2, -0.15) is 0 Å². The molecule has 0 fully saturated rings. The van der Waals surface area contributed by atoms with E-state index < -0.39 is 14.6 Å².